The second-order valence-corrected chi connectivity index (χ2v) is 12.2. The average molecular weight is 552 g/mol. The first kappa shape index (κ1) is 20.9. The molecule has 1 spiro atoms. The fourth-order valence-corrected chi connectivity index (χ4v) is 8.24. The molecule has 1 fully saturated rings. The average Bonchev–Trinajstić information content (AvgIpc) is 3.50. The van der Waals surface area contributed by atoms with Gasteiger partial charge in [-0.25, -0.2) is 0 Å². The summed E-state index contributed by atoms with van der Waals surface area (Å²) in [5.74, 6) is 0. The highest BCUT2D eigenvalue weighted by Crippen LogP contribution is 2.59. The standard InChI is InChI=1S/C33H29I/c1-21-13-14-28-26(17-21)24-9-3-5-11-27(24)32(28,2)20-22-18-23(34)19-30-31(22)25-10-4-6-12-29(25)33(30)15-7-8-16-33/h3-6,9-14,17-19H,7-8,15-16,20H2,1-2H3. The molecule has 34 heavy (non-hydrogen) atoms. The van der Waals surface area contributed by atoms with Gasteiger partial charge in [0.05, 0.1) is 0 Å². The fourth-order valence-electron chi connectivity index (χ4n) is 7.56. The Labute approximate surface area is 216 Å². The highest BCUT2D eigenvalue weighted by molar-refractivity contribution is 14.1. The van der Waals surface area contributed by atoms with Crippen molar-refractivity contribution in [2.45, 2.75) is 56.8 Å². The molecular formula is C33H29I. The molecular weight excluding hydrogens is 523 g/mol. The highest BCUT2D eigenvalue weighted by Gasteiger charge is 2.47. The summed E-state index contributed by atoms with van der Waals surface area (Å²) in [5.41, 5.74) is 15.1. The maximum Gasteiger partial charge on any atom is 0.0227 e. The van der Waals surface area contributed by atoms with E-state index in [0.717, 1.165) is 6.42 Å². The summed E-state index contributed by atoms with van der Waals surface area (Å²) in [7, 11) is 0. The van der Waals surface area contributed by atoms with Crippen LogP contribution in [0.1, 0.15) is 66.0 Å². The van der Waals surface area contributed by atoms with Crippen molar-refractivity contribution >= 4 is 22.6 Å². The third-order valence-corrected chi connectivity index (χ3v) is 9.62. The smallest absolute Gasteiger partial charge is 0.0227 e. The van der Waals surface area contributed by atoms with E-state index < -0.39 is 0 Å². The Balaban J connectivity index is 1.47. The van der Waals surface area contributed by atoms with Crippen molar-refractivity contribution < 1.29 is 0 Å². The summed E-state index contributed by atoms with van der Waals surface area (Å²) >= 11 is 2.56. The molecule has 1 saturated carbocycles. The molecule has 0 aromatic heterocycles. The van der Waals surface area contributed by atoms with Crippen molar-refractivity contribution in [3.05, 3.63) is 116 Å². The Morgan fingerprint density at radius 2 is 1.38 bits per heavy atom. The summed E-state index contributed by atoms with van der Waals surface area (Å²) in [6, 6.07) is 30.5. The molecule has 0 amide bonds. The number of hydrogen-bond donors (Lipinski definition) is 0. The zero-order chi connectivity index (χ0) is 23.1. The van der Waals surface area contributed by atoms with Crippen LogP contribution in [0.15, 0.2) is 78.9 Å². The van der Waals surface area contributed by atoms with Crippen LogP contribution in [0.3, 0.4) is 0 Å². The second-order valence-electron chi connectivity index (χ2n) is 10.9. The van der Waals surface area contributed by atoms with Gasteiger partial charge in [0.15, 0.2) is 0 Å². The topological polar surface area (TPSA) is 0 Å². The maximum atomic E-state index is 2.56. The number of halogens is 1. The molecule has 0 N–H and O–H groups in total. The molecule has 1 unspecified atom stereocenters. The molecule has 3 aliphatic carbocycles. The summed E-state index contributed by atoms with van der Waals surface area (Å²) in [6.07, 6.45) is 6.29. The van der Waals surface area contributed by atoms with Crippen molar-refractivity contribution in [3.63, 3.8) is 0 Å². The highest BCUT2D eigenvalue weighted by atomic mass is 127. The summed E-state index contributed by atoms with van der Waals surface area (Å²) in [4.78, 5) is 0. The van der Waals surface area contributed by atoms with Gasteiger partial charge in [-0.1, -0.05) is 92.1 Å². The van der Waals surface area contributed by atoms with Gasteiger partial charge in [0, 0.05) is 14.4 Å². The van der Waals surface area contributed by atoms with E-state index in [2.05, 4.69) is 115 Å². The predicted molar refractivity (Wildman–Crippen MR) is 151 cm³/mol. The van der Waals surface area contributed by atoms with E-state index in [1.54, 1.807) is 11.1 Å². The minimum Gasteiger partial charge on any atom is -0.0619 e. The van der Waals surface area contributed by atoms with E-state index >= 15 is 0 Å². The number of rotatable bonds is 2. The minimum absolute atomic E-state index is 0.0296. The first-order chi connectivity index (χ1) is 16.5. The van der Waals surface area contributed by atoms with Crippen LogP contribution < -0.4 is 0 Å². The molecule has 0 nitrogen and oxygen atoms in total. The SMILES string of the molecule is Cc1ccc2c(c1)-c1ccccc1C2(C)Cc1cc(I)cc2c1-c1ccccc1C21CCCC1. The van der Waals surface area contributed by atoms with Gasteiger partial charge < -0.3 is 0 Å². The van der Waals surface area contributed by atoms with Crippen molar-refractivity contribution in [1.29, 1.82) is 0 Å². The van der Waals surface area contributed by atoms with Crippen molar-refractivity contribution in [2.75, 3.05) is 0 Å². The molecule has 168 valence electrons. The van der Waals surface area contributed by atoms with Crippen LogP contribution >= 0.6 is 22.6 Å². The number of hydrogen-bond acceptors (Lipinski definition) is 0. The van der Waals surface area contributed by atoms with Crippen LogP contribution in [0.4, 0.5) is 0 Å². The molecule has 7 rings (SSSR count). The van der Waals surface area contributed by atoms with E-state index in [4.69, 9.17) is 0 Å². The van der Waals surface area contributed by atoms with Crippen LogP contribution in [-0.4, -0.2) is 0 Å². The number of aryl methyl sites for hydroxylation is 1. The molecule has 0 aliphatic heterocycles. The van der Waals surface area contributed by atoms with Crippen LogP contribution in [0.2, 0.25) is 0 Å². The van der Waals surface area contributed by atoms with Crippen molar-refractivity contribution in [1.82, 2.24) is 0 Å². The molecule has 0 bridgehead atoms. The quantitative estimate of drug-likeness (QED) is 0.218. The lowest BCUT2D eigenvalue weighted by atomic mass is 9.73. The Morgan fingerprint density at radius 3 is 2.18 bits per heavy atom. The van der Waals surface area contributed by atoms with Gasteiger partial charge in [-0.05, 0) is 111 Å². The predicted octanol–water partition coefficient (Wildman–Crippen LogP) is 8.97. The van der Waals surface area contributed by atoms with Crippen molar-refractivity contribution in [2.24, 2.45) is 0 Å². The van der Waals surface area contributed by atoms with Crippen LogP contribution in [0, 0.1) is 10.5 Å². The Kier molecular flexibility index (Phi) is 4.50. The molecule has 1 atom stereocenters. The largest absolute Gasteiger partial charge is 0.0619 e. The fraction of sp³-hybridized carbons (Fsp3) is 0.273. The Bertz CT molecular complexity index is 1470. The van der Waals surface area contributed by atoms with Gasteiger partial charge >= 0.3 is 0 Å². The van der Waals surface area contributed by atoms with E-state index in [9.17, 15) is 0 Å². The zero-order valence-corrected chi connectivity index (χ0v) is 22.1. The number of fused-ring (bicyclic) bond motifs is 8. The first-order valence-electron chi connectivity index (χ1n) is 12.7. The van der Waals surface area contributed by atoms with E-state index in [-0.39, 0.29) is 10.8 Å². The molecule has 0 heterocycles. The van der Waals surface area contributed by atoms with Gasteiger partial charge in [0.2, 0.25) is 0 Å². The van der Waals surface area contributed by atoms with Gasteiger partial charge in [-0.2, -0.15) is 0 Å². The lowest BCUT2D eigenvalue weighted by Gasteiger charge is -2.30. The second kappa shape index (κ2) is 7.31. The minimum atomic E-state index is -0.0296. The van der Waals surface area contributed by atoms with E-state index in [1.165, 1.54) is 73.8 Å². The summed E-state index contributed by atoms with van der Waals surface area (Å²) < 4.78 is 1.38. The van der Waals surface area contributed by atoms with Gasteiger partial charge in [0.1, 0.15) is 0 Å². The molecule has 3 aliphatic rings. The molecule has 4 aromatic carbocycles. The molecule has 1 heteroatoms. The van der Waals surface area contributed by atoms with Gasteiger partial charge in [-0.15, -0.1) is 0 Å². The van der Waals surface area contributed by atoms with Gasteiger partial charge in [-0.3, -0.25) is 0 Å². The monoisotopic (exact) mass is 552 g/mol. The molecule has 0 saturated heterocycles. The first-order valence-corrected chi connectivity index (χ1v) is 13.7. The normalized spacial score (nSPS) is 20.8. The van der Waals surface area contributed by atoms with Crippen LogP contribution in [0.5, 0.6) is 0 Å². The van der Waals surface area contributed by atoms with Gasteiger partial charge in [0.25, 0.3) is 0 Å². The summed E-state index contributed by atoms with van der Waals surface area (Å²) in [6.45, 7) is 4.69. The van der Waals surface area contributed by atoms with E-state index in [1.807, 2.05) is 0 Å². The number of benzene rings is 4. The third kappa shape index (κ3) is 2.71. The van der Waals surface area contributed by atoms with E-state index in [0.29, 0.717) is 0 Å². The maximum absolute atomic E-state index is 2.56. The lowest BCUT2D eigenvalue weighted by molar-refractivity contribution is 0.547. The van der Waals surface area contributed by atoms with Crippen LogP contribution in [-0.2, 0) is 17.3 Å². The van der Waals surface area contributed by atoms with Crippen LogP contribution in [0.25, 0.3) is 22.3 Å². The Hall–Kier alpha value is -2.39. The zero-order valence-electron chi connectivity index (χ0n) is 19.9. The third-order valence-electron chi connectivity index (χ3n) is 8.99. The Morgan fingerprint density at radius 1 is 0.706 bits per heavy atom. The summed E-state index contributed by atoms with van der Waals surface area (Å²) in [5, 5.41) is 0. The lowest BCUT2D eigenvalue weighted by Crippen LogP contribution is -2.25. The van der Waals surface area contributed by atoms with Crippen molar-refractivity contribution in [3.8, 4) is 22.3 Å². The molecule has 4 aromatic rings. The molecule has 0 radical (unpaired) electrons.